The molecule has 0 N–H and O–H groups in total. The monoisotopic (exact) mass is 415 g/mol. The Labute approximate surface area is 170 Å². The molecular formula is C21H25N3O2S2. The van der Waals surface area contributed by atoms with Gasteiger partial charge in [0.05, 0.1) is 5.69 Å². The summed E-state index contributed by atoms with van der Waals surface area (Å²) < 4.78 is 30.6. The van der Waals surface area contributed by atoms with Crippen LogP contribution < -0.4 is 9.21 Å². The fourth-order valence-corrected chi connectivity index (χ4v) is 7.20. The molecule has 148 valence electrons. The molecule has 1 atom stereocenters. The summed E-state index contributed by atoms with van der Waals surface area (Å²) in [6.07, 6.45) is 5.25. The minimum atomic E-state index is -3.76. The Hall–Kier alpha value is -2.12. The van der Waals surface area contributed by atoms with E-state index in [1.807, 2.05) is 45.0 Å². The quantitative estimate of drug-likeness (QED) is 0.587. The lowest BCUT2D eigenvalue weighted by Gasteiger charge is -2.31. The van der Waals surface area contributed by atoms with E-state index in [-0.39, 0.29) is 10.9 Å². The Bertz CT molecular complexity index is 1120. The predicted octanol–water partition coefficient (Wildman–Crippen LogP) is 4.66. The van der Waals surface area contributed by atoms with Crippen molar-refractivity contribution < 1.29 is 8.42 Å². The fraction of sp³-hybridized carbons (Fsp3) is 0.381. The van der Waals surface area contributed by atoms with Crippen LogP contribution in [0.25, 0.3) is 10.1 Å². The molecule has 0 amide bonds. The SMILES string of the molecule is Cc1c(N(C(C)C2CC2)S(=O)(=O)c2cnccc2N(C)C)sc2ccccc12. The Kier molecular flexibility index (Phi) is 4.83. The van der Waals surface area contributed by atoms with E-state index in [2.05, 4.69) is 17.1 Å². The maximum Gasteiger partial charge on any atom is 0.268 e. The van der Waals surface area contributed by atoms with Gasteiger partial charge in [0, 0.05) is 37.2 Å². The van der Waals surface area contributed by atoms with Crippen LogP contribution in [-0.2, 0) is 10.0 Å². The number of pyridine rings is 1. The second-order valence-electron chi connectivity index (χ2n) is 7.65. The first-order chi connectivity index (χ1) is 13.3. The topological polar surface area (TPSA) is 53.5 Å². The largest absolute Gasteiger partial charge is 0.376 e. The molecule has 1 aromatic carbocycles. The Morgan fingerprint density at radius 3 is 2.54 bits per heavy atom. The minimum Gasteiger partial charge on any atom is -0.376 e. The number of thiophene rings is 1. The first-order valence-corrected chi connectivity index (χ1v) is 11.7. The number of aromatic nitrogens is 1. The van der Waals surface area contributed by atoms with Crippen LogP contribution in [0.3, 0.4) is 0 Å². The van der Waals surface area contributed by atoms with Crippen LogP contribution in [0.4, 0.5) is 10.7 Å². The lowest BCUT2D eigenvalue weighted by molar-refractivity contribution is 0.566. The summed E-state index contributed by atoms with van der Waals surface area (Å²) >= 11 is 1.55. The van der Waals surface area contributed by atoms with Gasteiger partial charge in [0.2, 0.25) is 0 Å². The average Bonchev–Trinajstić information content (AvgIpc) is 3.48. The minimum absolute atomic E-state index is 0.0908. The fourth-order valence-electron chi connectivity index (χ4n) is 3.70. The lowest BCUT2D eigenvalue weighted by atomic mass is 10.1. The number of nitrogens with zero attached hydrogens (tertiary/aromatic N) is 3. The van der Waals surface area contributed by atoms with Crippen LogP contribution in [0.2, 0.25) is 0 Å². The van der Waals surface area contributed by atoms with Crippen LogP contribution in [0.1, 0.15) is 25.3 Å². The lowest BCUT2D eigenvalue weighted by Crippen LogP contribution is -2.40. The zero-order valence-corrected chi connectivity index (χ0v) is 18.2. The van der Waals surface area contributed by atoms with Crippen molar-refractivity contribution in [2.75, 3.05) is 23.3 Å². The van der Waals surface area contributed by atoms with Crippen LogP contribution in [0, 0.1) is 12.8 Å². The highest BCUT2D eigenvalue weighted by atomic mass is 32.2. The zero-order chi connectivity index (χ0) is 20.1. The Balaban J connectivity index is 1.93. The van der Waals surface area contributed by atoms with Crippen LogP contribution >= 0.6 is 11.3 Å². The molecule has 0 bridgehead atoms. The van der Waals surface area contributed by atoms with Gasteiger partial charge in [-0.25, -0.2) is 8.42 Å². The van der Waals surface area contributed by atoms with Gasteiger partial charge < -0.3 is 4.90 Å². The van der Waals surface area contributed by atoms with Crippen molar-refractivity contribution in [1.82, 2.24) is 4.98 Å². The van der Waals surface area contributed by atoms with E-state index in [4.69, 9.17) is 0 Å². The van der Waals surface area contributed by atoms with Crippen molar-refractivity contribution in [2.24, 2.45) is 5.92 Å². The molecule has 28 heavy (non-hydrogen) atoms. The van der Waals surface area contributed by atoms with Crippen LogP contribution in [0.5, 0.6) is 0 Å². The normalized spacial score (nSPS) is 15.6. The second-order valence-corrected chi connectivity index (χ2v) is 10.5. The van der Waals surface area contributed by atoms with E-state index >= 15 is 0 Å². The van der Waals surface area contributed by atoms with E-state index in [9.17, 15) is 8.42 Å². The maximum absolute atomic E-state index is 13.9. The summed E-state index contributed by atoms with van der Waals surface area (Å²) in [6.45, 7) is 4.05. The number of aryl methyl sites for hydroxylation is 1. The number of sulfonamides is 1. The molecule has 0 radical (unpaired) electrons. The van der Waals surface area contributed by atoms with E-state index < -0.39 is 10.0 Å². The van der Waals surface area contributed by atoms with Gasteiger partial charge in [-0.2, -0.15) is 0 Å². The molecule has 1 aliphatic carbocycles. The summed E-state index contributed by atoms with van der Waals surface area (Å²) in [6, 6.07) is 9.78. The Morgan fingerprint density at radius 2 is 1.89 bits per heavy atom. The third kappa shape index (κ3) is 3.16. The molecule has 2 heterocycles. The average molecular weight is 416 g/mol. The van der Waals surface area contributed by atoms with Crippen molar-refractivity contribution in [3.8, 4) is 0 Å². The van der Waals surface area contributed by atoms with Crippen LogP contribution in [0.15, 0.2) is 47.6 Å². The predicted molar refractivity (Wildman–Crippen MR) is 117 cm³/mol. The summed E-state index contributed by atoms with van der Waals surface area (Å²) in [4.78, 5) is 6.21. The summed E-state index contributed by atoms with van der Waals surface area (Å²) in [7, 11) is -0.0549. The first-order valence-electron chi connectivity index (χ1n) is 9.46. The van der Waals surface area contributed by atoms with E-state index in [0.29, 0.717) is 11.6 Å². The van der Waals surface area contributed by atoms with E-state index in [1.54, 1.807) is 27.9 Å². The molecule has 1 unspecified atom stereocenters. The molecule has 1 saturated carbocycles. The van der Waals surface area contributed by atoms with Crippen molar-refractivity contribution in [2.45, 2.75) is 37.6 Å². The zero-order valence-electron chi connectivity index (χ0n) is 16.6. The van der Waals surface area contributed by atoms with Gasteiger partial charge in [-0.15, -0.1) is 11.3 Å². The van der Waals surface area contributed by atoms with Gasteiger partial charge in [-0.05, 0) is 55.7 Å². The molecular weight excluding hydrogens is 390 g/mol. The molecule has 2 aromatic heterocycles. The van der Waals surface area contributed by atoms with Crippen molar-refractivity contribution in [3.63, 3.8) is 0 Å². The number of hydrogen-bond acceptors (Lipinski definition) is 5. The smallest absolute Gasteiger partial charge is 0.268 e. The molecule has 4 rings (SSSR count). The molecule has 5 nitrogen and oxygen atoms in total. The highest BCUT2D eigenvalue weighted by Gasteiger charge is 2.41. The number of benzene rings is 1. The first kappa shape index (κ1) is 19.2. The van der Waals surface area contributed by atoms with Gasteiger partial charge >= 0.3 is 0 Å². The van der Waals surface area contributed by atoms with Gasteiger partial charge in [-0.1, -0.05) is 18.2 Å². The molecule has 1 fully saturated rings. The standard InChI is InChI=1S/C21H25N3O2S2/c1-14-17-7-5-6-8-19(17)27-21(14)24(15(2)16-9-10-16)28(25,26)20-13-22-12-11-18(20)23(3)4/h5-8,11-13,15-16H,9-10H2,1-4H3. The number of rotatable bonds is 6. The number of hydrogen-bond donors (Lipinski definition) is 0. The molecule has 0 spiro atoms. The van der Waals surface area contributed by atoms with Gasteiger partial charge in [0.1, 0.15) is 9.90 Å². The molecule has 1 aliphatic rings. The van der Waals surface area contributed by atoms with Crippen molar-refractivity contribution in [1.29, 1.82) is 0 Å². The van der Waals surface area contributed by atoms with Crippen LogP contribution in [-0.4, -0.2) is 33.5 Å². The number of anilines is 2. The summed E-state index contributed by atoms with van der Waals surface area (Å²) in [5, 5.41) is 1.93. The summed E-state index contributed by atoms with van der Waals surface area (Å²) in [5.41, 5.74) is 1.67. The van der Waals surface area contributed by atoms with Gasteiger partial charge in [0.25, 0.3) is 10.0 Å². The number of fused-ring (bicyclic) bond motifs is 1. The van der Waals surface area contributed by atoms with E-state index in [0.717, 1.165) is 33.5 Å². The molecule has 3 aromatic rings. The molecule has 0 aliphatic heterocycles. The van der Waals surface area contributed by atoms with Gasteiger partial charge in [0.15, 0.2) is 0 Å². The highest BCUT2D eigenvalue weighted by Crippen LogP contribution is 2.46. The maximum atomic E-state index is 13.9. The third-order valence-electron chi connectivity index (χ3n) is 5.47. The summed E-state index contributed by atoms with van der Waals surface area (Å²) in [5.74, 6) is 0.402. The molecule has 0 saturated heterocycles. The van der Waals surface area contributed by atoms with Crippen molar-refractivity contribution >= 4 is 42.1 Å². The highest BCUT2D eigenvalue weighted by molar-refractivity contribution is 7.93. The van der Waals surface area contributed by atoms with Crippen molar-refractivity contribution in [3.05, 3.63) is 48.3 Å². The Morgan fingerprint density at radius 1 is 1.18 bits per heavy atom. The third-order valence-corrected chi connectivity index (χ3v) is 8.77. The molecule has 7 heteroatoms. The van der Waals surface area contributed by atoms with Gasteiger partial charge in [-0.3, -0.25) is 9.29 Å². The van der Waals surface area contributed by atoms with E-state index in [1.165, 1.54) is 6.20 Å². The second kappa shape index (κ2) is 7.04.